The highest BCUT2D eigenvalue weighted by Crippen LogP contribution is 2.34. The van der Waals surface area contributed by atoms with Gasteiger partial charge in [0.1, 0.15) is 11.5 Å². The number of amides is 1. The Labute approximate surface area is 172 Å². The molecule has 5 N–H and O–H groups in total. The molecule has 2 aromatic heterocycles. The number of nitrogens with one attached hydrogen (secondary N) is 2. The molecule has 2 aromatic carbocycles. The molecular weight excluding hydrogens is 383 g/mol. The highest BCUT2D eigenvalue weighted by atomic mass is 19.1. The first-order valence-electron chi connectivity index (χ1n) is 9.58. The van der Waals surface area contributed by atoms with Crippen LogP contribution >= 0.6 is 0 Å². The molecule has 0 saturated heterocycles. The number of nitrogens with zero attached hydrogens (tertiary/aromatic N) is 1. The first kappa shape index (κ1) is 19.6. The summed E-state index contributed by atoms with van der Waals surface area (Å²) in [5, 5.41) is 13.7. The Bertz CT molecular complexity index is 1230. The van der Waals surface area contributed by atoms with Gasteiger partial charge in [-0.15, -0.1) is 0 Å². The number of pyridine rings is 1. The van der Waals surface area contributed by atoms with Gasteiger partial charge in [-0.25, -0.2) is 9.37 Å². The molecule has 0 unspecified atom stereocenters. The average Bonchev–Trinajstić information content (AvgIpc) is 3.18. The number of carbonyl (C=O) groups excluding carboxylic acids is 1. The minimum Gasteiger partial charge on any atom is -0.392 e. The number of nitrogens with two attached hydrogens (primary N) is 1. The van der Waals surface area contributed by atoms with E-state index in [1.165, 1.54) is 18.3 Å². The van der Waals surface area contributed by atoms with Crippen molar-refractivity contribution >= 4 is 28.3 Å². The number of fused-ring (bicyclic) bond motifs is 1. The maximum atomic E-state index is 13.3. The van der Waals surface area contributed by atoms with Gasteiger partial charge in [0.25, 0.3) is 5.91 Å². The fraction of sp³-hybridized carbons (Fsp3) is 0.130. The molecule has 0 aliphatic rings. The fourth-order valence-corrected chi connectivity index (χ4v) is 3.63. The second-order valence-corrected chi connectivity index (χ2v) is 6.94. The molecule has 4 rings (SSSR count). The summed E-state index contributed by atoms with van der Waals surface area (Å²) < 4.78 is 13.3. The number of aromatic nitrogens is 2. The molecule has 1 amide bonds. The minimum absolute atomic E-state index is 0.0774. The summed E-state index contributed by atoms with van der Waals surface area (Å²) in [5.41, 5.74) is 11.0. The topological polar surface area (TPSA) is 104 Å². The van der Waals surface area contributed by atoms with Crippen molar-refractivity contribution in [3.8, 4) is 11.3 Å². The van der Waals surface area contributed by atoms with Gasteiger partial charge in [-0.05, 0) is 59.5 Å². The Morgan fingerprint density at radius 3 is 2.67 bits per heavy atom. The number of hydrogen-bond acceptors (Lipinski definition) is 4. The van der Waals surface area contributed by atoms with E-state index >= 15 is 0 Å². The van der Waals surface area contributed by atoms with Gasteiger partial charge >= 0.3 is 0 Å². The van der Waals surface area contributed by atoms with Gasteiger partial charge in [0, 0.05) is 23.0 Å². The van der Waals surface area contributed by atoms with Crippen LogP contribution in [0.3, 0.4) is 0 Å². The van der Waals surface area contributed by atoms with Crippen LogP contribution in [-0.2, 0) is 13.0 Å². The van der Waals surface area contributed by atoms with Crippen molar-refractivity contribution in [3.63, 3.8) is 0 Å². The third kappa shape index (κ3) is 3.51. The summed E-state index contributed by atoms with van der Waals surface area (Å²) in [6.45, 7) is 1.92. The van der Waals surface area contributed by atoms with Gasteiger partial charge < -0.3 is 21.1 Å². The average molecular weight is 404 g/mol. The van der Waals surface area contributed by atoms with Gasteiger partial charge in [0.05, 0.1) is 17.9 Å². The molecule has 6 nitrogen and oxygen atoms in total. The van der Waals surface area contributed by atoms with Gasteiger partial charge in [0.15, 0.2) is 0 Å². The fourth-order valence-electron chi connectivity index (χ4n) is 3.63. The number of H-pyrrole nitrogens is 1. The second kappa shape index (κ2) is 7.96. The Morgan fingerprint density at radius 2 is 2.00 bits per heavy atom. The highest BCUT2D eigenvalue weighted by Gasteiger charge is 2.18. The third-order valence-electron chi connectivity index (χ3n) is 5.14. The predicted molar refractivity (Wildman–Crippen MR) is 115 cm³/mol. The molecule has 2 heterocycles. The molecule has 0 fully saturated rings. The van der Waals surface area contributed by atoms with E-state index in [1.807, 2.05) is 31.2 Å². The third-order valence-corrected chi connectivity index (χ3v) is 5.14. The summed E-state index contributed by atoms with van der Waals surface area (Å²) in [6, 6.07) is 13.6. The molecule has 0 aliphatic heterocycles. The number of halogens is 1. The molecule has 0 aliphatic carbocycles. The lowest BCUT2D eigenvalue weighted by Crippen LogP contribution is -2.14. The lowest BCUT2D eigenvalue weighted by Gasteiger charge is -2.16. The van der Waals surface area contributed by atoms with E-state index in [0.717, 1.165) is 28.1 Å². The Kier molecular flexibility index (Phi) is 5.20. The molecule has 0 spiro atoms. The molecule has 7 heteroatoms. The van der Waals surface area contributed by atoms with Crippen LogP contribution in [0.2, 0.25) is 0 Å². The zero-order valence-corrected chi connectivity index (χ0v) is 16.4. The number of aliphatic hydroxyl groups is 1. The molecule has 0 bridgehead atoms. The standard InChI is InChI=1S/C23H21FN4O2/c1-2-16-14(12-29)4-3-5-19(16)27-21-17-10-20(13-6-8-15(24)9-7-13)28-23(17)26-11-18(21)22(25)30/h3-11,29H,2,12H2,1H3,(H2,25,30)(H2,26,27,28). The Balaban J connectivity index is 1.88. The summed E-state index contributed by atoms with van der Waals surface area (Å²) in [7, 11) is 0. The van der Waals surface area contributed by atoms with Crippen molar-refractivity contribution in [1.82, 2.24) is 9.97 Å². The summed E-state index contributed by atoms with van der Waals surface area (Å²) in [5.74, 6) is -0.921. The smallest absolute Gasteiger partial charge is 0.252 e. The van der Waals surface area contributed by atoms with Crippen LogP contribution in [0, 0.1) is 5.82 Å². The van der Waals surface area contributed by atoms with Crippen molar-refractivity contribution in [1.29, 1.82) is 0 Å². The number of anilines is 2. The van der Waals surface area contributed by atoms with E-state index in [2.05, 4.69) is 15.3 Å². The number of aliphatic hydroxyl groups excluding tert-OH is 1. The van der Waals surface area contributed by atoms with Crippen LogP contribution < -0.4 is 11.1 Å². The summed E-state index contributed by atoms with van der Waals surface area (Å²) >= 11 is 0. The van der Waals surface area contributed by atoms with E-state index in [9.17, 15) is 14.3 Å². The zero-order valence-electron chi connectivity index (χ0n) is 16.4. The van der Waals surface area contributed by atoms with Crippen molar-refractivity contribution in [3.05, 3.63) is 77.2 Å². The molecule has 0 atom stereocenters. The van der Waals surface area contributed by atoms with E-state index in [-0.39, 0.29) is 18.0 Å². The van der Waals surface area contributed by atoms with E-state index < -0.39 is 5.91 Å². The van der Waals surface area contributed by atoms with E-state index in [4.69, 9.17) is 5.73 Å². The molecule has 0 saturated carbocycles. The van der Waals surface area contributed by atoms with Crippen LogP contribution in [0.15, 0.2) is 54.7 Å². The number of hydrogen-bond donors (Lipinski definition) is 4. The minimum atomic E-state index is -0.604. The van der Waals surface area contributed by atoms with Crippen molar-refractivity contribution in [2.75, 3.05) is 5.32 Å². The van der Waals surface area contributed by atoms with Crippen molar-refractivity contribution in [2.24, 2.45) is 5.73 Å². The predicted octanol–water partition coefficient (Wildman–Crippen LogP) is 4.27. The van der Waals surface area contributed by atoms with Crippen molar-refractivity contribution < 1.29 is 14.3 Å². The van der Waals surface area contributed by atoms with Gasteiger partial charge in [-0.1, -0.05) is 19.1 Å². The summed E-state index contributed by atoms with van der Waals surface area (Å²) in [6.07, 6.45) is 2.13. The van der Waals surface area contributed by atoms with E-state index in [1.54, 1.807) is 12.1 Å². The molecular formula is C23H21FN4O2. The Morgan fingerprint density at radius 1 is 1.23 bits per heavy atom. The lowest BCUT2D eigenvalue weighted by molar-refractivity contribution is 0.100. The van der Waals surface area contributed by atoms with Crippen LogP contribution in [0.5, 0.6) is 0 Å². The van der Waals surface area contributed by atoms with Crippen molar-refractivity contribution in [2.45, 2.75) is 20.0 Å². The maximum absolute atomic E-state index is 13.3. The zero-order chi connectivity index (χ0) is 21.3. The maximum Gasteiger partial charge on any atom is 0.252 e. The van der Waals surface area contributed by atoms with Gasteiger partial charge in [-0.2, -0.15) is 0 Å². The number of aromatic amines is 1. The first-order chi connectivity index (χ1) is 14.5. The monoisotopic (exact) mass is 404 g/mol. The van der Waals surface area contributed by atoms with E-state index in [0.29, 0.717) is 23.1 Å². The lowest BCUT2D eigenvalue weighted by atomic mass is 10.0. The number of carbonyl (C=O) groups is 1. The normalized spacial score (nSPS) is 11.0. The number of benzene rings is 2. The quantitative estimate of drug-likeness (QED) is 0.385. The molecule has 152 valence electrons. The SMILES string of the molecule is CCc1c(CO)cccc1Nc1c(C(N)=O)cnc2[nH]c(-c3ccc(F)cc3)cc12. The molecule has 30 heavy (non-hydrogen) atoms. The highest BCUT2D eigenvalue weighted by molar-refractivity contribution is 6.08. The van der Waals surface area contributed by atoms with Crippen LogP contribution in [-0.4, -0.2) is 21.0 Å². The molecule has 4 aromatic rings. The Hall–Kier alpha value is -3.71. The first-order valence-corrected chi connectivity index (χ1v) is 9.58. The van der Waals surface area contributed by atoms with Gasteiger partial charge in [0.2, 0.25) is 0 Å². The number of rotatable bonds is 6. The number of primary amides is 1. The largest absolute Gasteiger partial charge is 0.392 e. The van der Waals surface area contributed by atoms with Crippen LogP contribution in [0.25, 0.3) is 22.3 Å². The van der Waals surface area contributed by atoms with Gasteiger partial charge in [-0.3, -0.25) is 4.79 Å². The summed E-state index contributed by atoms with van der Waals surface area (Å²) in [4.78, 5) is 19.6. The second-order valence-electron chi connectivity index (χ2n) is 6.94. The van der Waals surface area contributed by atoms with Crippen LogP contribution in [0.4, 0.5) is 15.8 Å². The molecule has 0 radical (unpaired) electrons. The van der Waals surface area contributed by atoms with Crippen LogP contribution in [0.1, 0.15) is 28.4 Å².